The smallest absolute Gasteiger partial charge is 0.311 e. The Labute approximate surface area is 142 Å². The second-order valence-corrected chi connectivity index (χ2v) is 6.77. The monoisotopic (exact) mass is 331 g/mol. The fourth-order valence-electron chi connectivity index (χ4n) is 3.02. The van der Waals surface area contributed by atoms with Gasteiger partial charge in [-0.25, -0.2) is 0 Å². The zero-order valence-electron chi connectivity index (χ0n) is 14.1. The van der Waals surface area contributed by atoms with Crippen molar-refractivity contribution in [2.24, 2.45) is 11.8 Å². The summed E-state index contributed by atoms with van der Waals surface area (Å²) in [5.41, 5.74) is 0. The summed E-state index contributed by atoms with van der Waals surface area (Å²) < 4.78 is 11.1. The highest BCUT2D eigenvalue weighted by Gasteiger charge is 2.37. The summed E-state index contributed by atoms with van der Waals surface area (Å²) in [6.45, 7) is 3.43. The lowest BCUT2D eigenvalue weighted by molar-refractivity contribution is -0.157. The summed E-state index contributed by atoms with van der Waals surface area (Å²) in [7, 11) is 0. The number of para-hydroxylation sites is 1. The predicted molar refractivity (Wildman–Crippen MR) is 89.5 cm³/mol. The van der Waals surface area contributed by atoms with E-state index >= 15 is 0 Å². The van der Waals surface area contributed by atoms with Crippen molar-refractivity contribution >= 4 is 11.9 Å². The van der Waals surface area contributed by atoms with Crippen LogP contribution in [0.15, 0.2) is 30.3 Å². The van der Waals surface area contributed by atoms with Gasteiger partial charge in [-0.1, -0.05) is 18.2 Å². The van der Waals surface area contributed by atoms with Gasteiger partial charge in [0.1, 0.15) is 18.5 Å². The number of amides is 1. The van der Waals surface area contributed by atoms with Gasteiger partial charge in [-0.2, -0.15) is 0 Å². The van der Waals surface area contributed by atoms with Gasteiger partial charge in [0.05, 0.1) is 5.92 Å². The van der Waals surface area contributed by atoms with Gasteiger partial charge in [-0.15, -0.1) is 0 Å². The summed E-state index contributed by atoms with van der Waals surface area (Å²) >= 11 is 0. The van der Waals surface area contributed by atoms with Crippen LogP contribution in [0.4, 0.5) is 0 Å². The predicted octanol–water partition coefficient (Wildman–Crippen LogP) is 2.65. The van der Waals surface area contributed by atoms with Crippen molar-refractivity contribution in [1.82, 2.24) is 4.90 Å². The standard InChI is InChI=1S/C19H25NO4/c1-14(13-23-17-7-3-2-4-8-17)24-19(22)16-6-5-11-20(12-16)18(21)15-9-10-15/h2-4,7-8,14-16H,5-6,9-13H2,1H3. The fraction of sp³-hybridized carbons (Fsp3) is 0.579. The maximum Gasteiger partial charge on any atom is 0.311 e. The Kier molecular flexibility index (Phi) is 5.38. The molecule has 5 nitrogen and oxygen atoms in total. The van der Waals surface area contributed by atoms with Crippen LogP contribution in [-0.4, -0.2) is 42.6 Å². The first-order valence-electron chi connectivity index (χ1n) is 8.80. The van der Waals surface area contributed by atoms with E-state index in [4.69, 9.17) is 9.47 Å². The average molecular weight is 331 g/mol. The number of carbonyl (C=O) groups is 2. The molecule has 1 saturated carbocycles. The lowest BCUT2D eigenvalue weighted by Crippen LogP contribution is -2.44. The van der Waals surface area contributed by atoms with E-state index in [2.05, 4.69) is 0 Å². The minimum absolute atomic E-state index is 0.206. The molecular weight excluding hydrogens is 306 g/mol. The second kappa shape index (κ2) is 7.69. The van der Waals surface area contributed by atoms with Crippen LogP contribution in [0.2, 0.25) is 0 Å². The number of hydrogen-bond donors (Lipinski definition) is 0. The molecule has 130 valence electrons. The third-order valence-corrected chi connectivity index (χ3v) is 4.54. The number of carbonyl (C=O) groups excluding carboxylic acids is 2. The number of likely N-dealkylation sites (tertiary alicyclic amines) is 1. The molecule has 1 amide bonds. The summed E-state index contributed by atoms with van der Waals surface area (Å²) in [6.07, 6.45) is 3.34. The van der Waals surface area contributed by atoms with E-state index in [1.807, 2.05) is 42.2 Å². The van der Waals surface area contributed by atoms with Gasteiger partial charge < -0.3 is 14.4 Å². The van der Waals surface area contributed by atoms with Crippen LogP contribution in [0.3, 0.4) is 0 Å². The van der Waals surface area contributed by atoms with Crippen molar-refractivity contribution in [3.8, 4) is 5.75 Å². The van der Waals surface area contributed by atoms with E-state index < -0.39 is 0 Å². The molecule has 0 bridgehead atoms. The second-order valence-electron chi connectivity index (χ2n) is 6.77. The number of benzene rings is 1. The lowest BCUT2D eigenvalue weighted by atomic mass is 9.98. The van der Waals surface area contributed by atoms with Gasteiger partial charge in [0, 0.05) is 19.0 Å². The van der Waals surface area contributed by atoms with Gasteiger partial charge in [0.15, 0.2) is 0 Å². The van der Waals surface area contributed by atoms with Crippen molar-refractivity contribution < 1.29 is 19.1 Å². The van der Waals surface area contributed by atoms with Gasteiger partial charge in [-0.05, 0) is 44.7 Å². The quantitative estimate of drug-likeness (QED) is 0.752. The number of ether oxygens (including phenoxy) is 2. The highest BCUT2D eigenvalue weighted by molar-refractivity contribution is 5.82. The Morgan fingerprint density at radius 3 is 2.62 bits per heavy atom. The first-order valence-corrected chi connectivity index (χ1v) is 8.80. The average Bonchev–Trinajstić information content (AvgIpc) is 3.45. The maximum absolute atomic E-state index is 12.4. The molecule has 3 rings (SSSR count). The summed E-state index contributed by atoms with van der Waals surface area (Å²) in [6, 6.07) is 9.47. The molecule has 1 aromatic rings. The van der Waals surface area contributed by atoms with E-state index in [1.165, 1.54) is 0 Å². The molecule has 24 heavy (non-hydrogen) atoms. The maximum atomic E-state index is 12.4. The van der Waals surface area contributed by atoms with E-state index in [9.17, 15) is 9.59 Å². The SMILES string of the molecule is CC(COc1ccccc1)OC(=O)C1CCCN(C(=O)C2CC2)C1. The molecule has 1 saturated heterocycles. The van der Waals surface area contributed by atoms with Gasteiger partial charge in [0.2, 0.25) is 5.91 Å². The molecule has 0 spiro atoms. The molecular formula is C19H25NO4. The Hall–Kier alpha value is -2.04. The number of esters is 1. The molecule has 1 aromatic carbocycles. The lowest BCUT2D eigenvalue weighted by Gasteiger charge is -2.32. The largest absolute Gasteiger partial charge is 0.490 e. The van der Waals surface area contributed by atoms with Crippen molar-refractivity contribution in [1.29, 1.82) is 0 Å². The Morgan fingerprint density at radius 2 is 1.92 bits per heavy atom. The van der Waals surface area contributed by atoms with Crippen LogP contribution in [0.1, 0.15) is 32.6 Å². The van der Waals surface area contributed by atoms with Crippen molar-refractivity contribution in [2.45, 2.75) is 38.7 Å². The zero-order valence-corrected chi connectivity index (χ0v) is 14.1. The Morgan fingerprint density at radius 1 is 1.17 bits per heavy atom. The first-order chi connectivity index (χ1) is 11.6. The van der Waals surface area contributed by atoms with E-state index in [-0.39, 0.29) is 29.8 Å². The molecule has 1 heterocycles. The zero-order chi connectivity index (χ0) is 16.9. The molecule has 2 atom stereocenters. The van der Waals surface area contributed by atoms with Gasteiger partial charge in [0.25, 0.3) is 0 Å². The minimum Gasteiger partial charge on any atom is -0.490 e. The number of nitrogens with zero attached hydrogens (tertiary/aromatic N) is 1. The molecule has 2 aliphatic rings. The molecule has 2 fully saturated rings. The van der Waals surface area contributed by atoms with Crippen LogP contribution >= 0.6 is 0 Å². The number of rotatable bonds is 6. The van der Waals surface area contributed by atoms with Gasteiger partial charge >= 0.3 is 5.97 Å². The van der Waals surface area contributed by atoms with Crippen molar-refractivity contribution in [3.05, 3.63) is 30.3 Å². The van der Waals surface area contributed by atoms with Gasteiger partial charge in [-0.3, -0.25) is 9.59 Å². The van der Waals surface area contributed by atoms with Crippen LogP contribution in [0.25, 0.3) is 0 Å². The normalized spacial score (nSPS) is 21.9. The van der Waals surface area contributed by atoms with Crippen molar-refractivity contribution in [2.75, 3.05) is 19.7 Å². The van der Waals surface area contributed by atoms with Crippen molar-refractivity contribution in [3.63, 3.8) is 0 Å². The van der Waals surface area contributed by atoms with Crippen LogP contribution < -0.4 is 4.74 Å². The van der Waals surface area contributed by atoms with Crippen LogP contribution in [-0.2, 0) is 14.3 Å². The Balaban J connectivity index is 1.44. The molecule has 1 aliphatic heterocycles. The summed E-state index contributed by atoms with van der Waals surface area (Å²) in [4.78, 5) is 26.4. The third-order valence-electron chi connectivity index (χ3n) is 4.54. The van der Waals surface area contributed by atoms with E-state index in [0.29, 0.717) is 13.2 Å². The molecule has 0 N–H and O–H groups in total. The van der Waals surface area contributed by atoms with Crippen LogP contribution in [0, 0.1) is 11.8 Å². The highest BCUT2D eigenvalue weighted by atomic mass is 16.6. The molecule has 0 radical (unpaired) electrons. The number of hydrogen-bond acceptors (Lipinski definition) is 4. The Bertz CT molecular complexity index is 570. The summed E-state index contributed by atoms with van der Waals surface area (Å²) in [5, 5.41) is 0. The highest BCUT2D eigenvalue weighted by Crippen LogP contribution is 2.32. The number of piperidine rings is 1. The van der Waals surface area contributed by atoms with E-state index in [0.717, 1.165) is 38.0 Å². The van der Waals surface area contributed by atoms with Crippen LogP contribution in [0.5, 0.6) is 5.75 Å². The summed E-state index contributed by atoms with van der Waals surface area (Å²) in [5.74, 6) is 0.762. The molecule has 0 aromatic heterocycles. The van der Waals surface area contributed by atoms with E-state index in [1.54, 1.807) is 0 Å². The minimum atomic E-state index is -0.313. The molecule has 5 heteroatoms. The first kappa shape index (κ1) is 16.8. The molecule has 1 aliphatic carbocycles. The topological polar surface area (TPSA) is 55.8 Å². The third kappa shape index (κ3) is 4.49. The molecule has 2 unspecified atom stereocenters. The fourth-order valence-corrected chi connectivity index (χ4v) is 3.02.